The summed E-state index contributed by atoms with van der Waals surface area (Å²) in [6.45, 7) is 0. The lowest BCUT2D eigenvalue weighted by Gasteiger charge is -1.94. The predicted octanol–water partition coefficient (Wildman–Crippen LogP) is 0.769. The van der Waals surface area contributed by atoms with Gasteiger partial charge in [0.15, 0.2) is 0 Å². The van der Waals surface area contributed by atoms with Crippen LogP contribution in [0.5, 0.6) is 0 Å². The van der Waals surface area contributed by atoms with Crippen molar-refractivity contribution in [1.82, 2.24) is 9.38 Å². The number of carboxylic acid groups (broad SMARTS) is 1. The highest BCUT2D eigenvalue weighted by atomic mass is 16.6. The normalized spacial score (nSPS) is 11.7. The molecule has 16 heavy (non-hydrogen) atoms. The van der Waals surface area contributed by atoms with Crippen LogP contribution < -0.4 is 0 Å². The van der Waals surface area contributed by atoms with Crippen LogP contribution in [-0.4, -0.2) is 33.3 Å². The van der Waals surface area contributed by atoms with Crippen LogP contribution in [0.4, 0.5) is 0 Å². The Bertz CT molecular complexity index is 526. The van der Waals surface area contributed by atoms with Gasteiger partial charge in [0, 0.05) is 12.4 Å². The molecule has 0 radical (unpaired) electrons. The van der Waals surface area contributed by atoms with E-state index in [1.807, 2.05) is 12.1 Å². The minimum atomic E-state index is -1.18. The van der Waals surface area contributed by atoms with Gasteiger partial charge in [-0.3, -0.25) is 0 Å². The summed E-state index contributed by atoms with van der Waals surface area (Å²) in [5, 5.41) is 12.4. The van der Waals surface area contributed by atoms with Crippen molar-refractivity contribution in [3.63, 3.8) is 0 Å². The fraction of sp³-hybridized carbons (Fsp3) is 0.100. The summed E-state index contributed by atoms with van der Waals surface area (Å²) in [5.74, 6) is -1.18. The molecule has 0 bridgehead atoms. The molecule has 2 heterocycles. The highest BCUT2D eigenvalue weighted by molar-refractivity contribution is 6.41. The van der Waals surface area contributed by atoms with E-state index in [1.165, 1.54) is 7.11 Å². The molecule has 0 aromatic carbocycles. The van der Waals surface area contributed by atoms with Crippen LogP contribution in [0.1, 0.15) is 5.69 Å². The van der Waals surface area contributed by atoms with Crippen molar-refractivity contribution in [1.29, 1.82) is 0 Å². The number of fused-ring (bicyclic) bond motifs is 1. The van der Waals surface area contributed by atoms with Crippen molar-refractivity contribution < 1.29 is 14.7 Å². The molecule has 0 amide bonds. The first-order chi connectivity index (χ1) is 7.72. The summed E-state index contributed by atoms with van der Waals surface area (Å²) in [6, 6.07) is 5.42. The summed E-state index contributed by atoms with van der Waals surface area (Å²) in [5.41, 5.74) is 0.703. The summed E-state index contributed by atoms with van der Waals surface area (Å²) in [6.07, 6.45) is 3.36. The summed E-state index contributed by atoms with van der Waals surface area (Å²) in [4.78, 5) is 19.5. The fourth-order valence-electron chi connectivity index (χ4n) is 1.34. The van der Waals surface area contributed by atoms with E-state index >= 15 is 0 Å². The van der Waals surface area contributed by atoms with Crippen LogP contribution in [0.25, 0.3) is 5.65 Å². The second-order valence-electron chi connectivity index (χ2n) is 3.02. The third-order valence-electron chi connectivity index (χ3n) is 1.99. The SMILES string of the molecule is CON=C(C(=O)O)c1cn2ccccc2n1. The largest absolute Gasteiger partial charge is 0.476 e. The van der Waals surface area contributed by atoms with Gasteiger partial charge in [-0.15, -0.1) is 0 Å². The van der Waals surface area contributed by atoms with Gasteiger partial charge in [-0.2, -0.15) is 0 Å². The molecule has 2 rings (SSSR count). The van der Waals surface area contributed by atoms with E-state index in [0.717, 1.165) is 0 Å². The van der Waals surface area contributed by atoms with Crippen molar-refractivity contribution in [3.8, 4) is 0 Å². The average molecular weight is 219 g/mol. The number of carboxylic acids is 1. The van der Waals surface area contributed by atoms with E-state index in [1.54, 1.807) is 22.9 Å². The second-order valence-corrected chi connectivity index (χ2v) is 3.02. The smallest absolute Gasteiger partial charge is 0.360 e. The Kier molecular flexibility index (Phi) is 2.55. The Labute approximate surface area is 90.8 Å². The highest BCUT2D eigenvalue weighted by Gasteiger charge is 2.17. The Morgan fingerprint density at radius 3 is 3.00 bits per heavy atom. The van der Waals surface area contributed by atoms with Crippen LogP contribution in [0, 0.1) is 0 Å². The number of pyridine rings is 1. The van der Waals surface area contributed by atoms with Gasteiger partial charge in [-0.05, 0) is 12.1 Å². The molecule has 1 N–H and O–H groups in total. The molecule has 2 aromatic rings. The van der Waals surface area contributed by atoms with Gasteiger partial charge in [0.25, 0.3) is 0 Å². The number of carbonyl (C=O) groups is 1. The van der Waals surface area contributed by atoms with Crippen molar-refractivity contribution in [3.05, 3.63) is 36.3 Å². The van der Waals surface area contributed by atoms with Crippen LogP contribution in [0.2, 0.25) is 0 Å². The molecule has 82 valence electrons. The van der Waals surface area contributed by atoms with Crippen LogP contribution in [0.3, 0.4) is 0 Å². The minimum absolute atomic E-state index is 0.216. The van der Waals surface area contributed by atoms with E-state index in [9.17, 15) is 4.79 Å². The fourth-order valence-corrected chi connectivity index (χ4v) is 1.34. The molecule has 0 fully saturated rings. The maximum atomic E-state index is 10.9. The summed E-state index contributed by atoms with van der Waals surface area (Å²) in [7, 11) is 1.29. The Balaban J connectivity index is 2.53. The third kappa shape index (κ3) is 1.72. The van der Waals surface area contributed by atoms with Gasteiger partial charge in [0.1, 0.15) is 18.5 Å². The first-order valence-corrected chi connectivity index (χ1v) is 4.51. The number of hydrogen-bond donors (Lipinski definition) is 1. The molecule has 0 aliphatic carbocycles. The van der Waals surface area contributed by atoms with Gasteiger partial charge in [0.05, 0.1) is 0 Å². The quantitative estimate of drug-likeness (QED) is 0.611. The van der Waals surface area contributed by atoms with Crippen molar-refractivity contribution in [2.45, 2.75) is 0 Å². The topological polar surface area (TPSA) is 76.2 Å². The third-order valence-corrected chi connectivity index (χ3v) is 1.99. The van der Waals surface area contributed by atoms with E-state index in [-0.39, 0.29) is 11.4 Å². The molecule has 6 heteroatoms. The monoisotopic (exact) mass is 219 g/mol. The highest BCUT2D eigenvalue weighted by Crippen LogP contribution is 2.06. The lowest BCUT2D eigenvalue weighted by atomic mass is 10.3. The van der Waals surface area contributed by atoms with E-state index in [2.05, 4.69) is 15.0 Å². The van der Waals surface area contributed by atoms with E-state index < -0.39 is 5.97 Å². The lowest BCUT2D eigenvalue weighted by molar-refractivity contribution is -0.129. The molecule has 6 nitrogen and oxygen atoms in total. The number of hydrogen-bond acceptors (Lipinski definition) is 4. The minimum Gasteiger partial charge on any atom is -0.476 e. The number of imidazole rings is 1. The van der Waals surface area contributed by atoms with Crippen molar-refractivity contribution >= 4 is 17.3 Å². The Morgan fingerprint density at radius 2 is 2.38 bits per heavy atom. The Morgan fingerprint density at radius 1 is 1.56 bits per heavy atom. The average Bonchev–Trinajstić information content (AvgIpc) is 2.68. The molecule has 0 unspecified atom stereocenters. The van der Waals surface area contributed by atoms with Gasteiger partial charge in [0.2, 0.25) is 5.71 Å². The van der Waals surface area contributed by atoms with Gasteiger partial charge >= 0.3 is 5.97 Å². The zero-order valence-electron chi connectivity index (χ0n) is 8.49. The second kappa shape index (κ2) is 4.01. The zero-order chi connectivity index (χ0) is 11.5. The summed E-state index contributed by atoms with van der Waals surface area (Å²) < 4.78 is 1.71. The molecule has 0 aliphatic rings. The van der Waals surface area contributed by atoms with Crippen molar-refractivity contribution in [2.75, 3.05) is 7.11 Å². The number of rotatable bonds is 3. The first-order valence-electron chi connectivity index (χ1n) is 4.51. The van der Waals surface area contributed by atoms with Crippen LogP contribution in [0.15, 0.2) is 35.7 Å². The molecule has 0 atom stereocenters. The number of aliphatic carboxylic acids is 1. The van der Waals surface area contributed by atoms with Gasteiger partial charge in [-0.1, -0.05) is 11.2 Å². The predicted molar refractivity (Wildman–Crippen MR) is 56.4 cm³/mol. The van der Waals surface area contributed by atoms with E-state index in [0.29, 0.717) is 5.65 Å². The molecular formula is C10H9N3O3. The molecular weight excluding hydrogens is 210 g/mol. The number of nitrogens with zero attached hydrogens (tertiary/aromatic N) is 3. The maximum Gasteiger partial charge on any atom is 0.360 e. The van der Waals surface area contributed by atoms with Crippen LogP contribution in [-0.2, 0) is 9.63 Å². The summed E-state index contributed by atoms with van der Waals surface area (Å²) >= 11 is 0. The molecule has 0 aliphatic heterocycles. The molecule has 0 spiro atoms. The van der Waals surface area contributed by atoms with Crippen LogP contribution >= 0.6 is 0 Å². The molecule has 2 aromatic heterocycles. The number of aromatic nitrogens is 2. The lowest BCUT2D eigenvalue weighted by Crippen LogP contribution is -2.15. The Hall–Kier alpha value is -2.37. The standard InChI is InChI=1S/C10H9N3O3/c1-16-12-9(10(14)15)7-6-13-5-3-2-4-8(13)11-7/h2-6H,1H3,(H,14,15). The van der Waals surface area contributed by atoms with Crippen molar-refractivity contribution in [2.24, 2.45) is 5.16 Å². The van der Waals surface area contributed by atoms with E-state index in [4.69, 9.17) is 5.11 Å². The first kappa shape index (κ1) is 10.2. The molecule has 0 saturated heterocycles. The molecule has 0 saturated carbocycles. The zero-order valence-corrected chi connectivity index (χ0v) is 8.49. The number of oxime groups is 1. The van der Waals surface area contributed by atoms with Gasteiger partial charge < -0.3 is 14.3 Å². The maximum absolute atomic E-state index is 10.9. The van der Waals surface area contributed by atoms with Gasteiger partial charge in [-0.25, -0.2) is 9.78 Å².